The maximum Gasteiger partial charge on any atom is 0.303 e. The number of aliphatic hydroxyl groups excluding tert-OH is 1. The molecule has 1 rings (SSSR count). The number of carbonyl (C=O) groups is 2. The van der Waals surface area contributed by atoms with E-state index in [2.05, 4.69) is 13.8 Å². The number of aliphatic hydroxyl groups is 1. The Morgan fingerprint density at radius 1 is 1.18 bits per heavy atom. The molecule has 0 bridgehead atoms. The predicted molar refractivity (Wildman–Crippen MR) is 85.5 cm³/mol. The highest BCUT2D eigenvalue weighted by Gasteiger charge is 2.33. The van der Waals surface area contributed by atoms with Gasteiger partial charge in [-0.2, -0.15) is 0 Å². The van der Waals surface area contributed by atoms with Gasteiger partial charge in [-0.1, -0.05) is 27.7 Å². The highest BCUT2D eigenvalue weighted by atomic mass is 16.4. The maximum atomic E-state index is 12.3. The van der Waals surface area contributed by atoms with Crippen molar-refractivity contribution >= 4 is 11.9 Å². The number of hydrogen-bond acceptors (Lipinski definition) is 3. The first kappa shape index (κ1) is 18.9. The molecule has 128 valence electrons. The quantitative estimate of drug-likeness (QED) is 0.722. The molecule has 0 aromatic heterocycles. The van der Waals surface area contributed by atoms with Crippen LogP contribution in [-0.2, 0) is 9.59 Å². The first-order valence-electron chi connectivity index (χ1n) is 8.18. The molecule has 5 nitrogen and oxygen atoms in total. The van der Waals surface area contributed by atoms with Crippen LogP contribution in [0.15, 0.2) is 0 Å². The van der Waals surface area contributed by atoms with Gasteiger partial charge in [-0.3, -0.25) is 9.59 Å². The highest BCUT2D eigenvalue weighted by molar-refractivity contribution is 5.76. The Morgan fingerprint density at radius 2 is 1.82 bits per heavy atom. The lowest BCUT2D eigenvalue weighted by Crippen LogP contribution is -2.38. The van der Waals surface area contributed by atoms with Gasteiger partial charge < -0.3 is 15.1 Å². The molecule has 1 aliphatic heterocycles. The van der Waals surface area contributed by atoms with Gasteiger partial charge in [-0.25, -0.2) is 0 Å². The molecule has 2 N–H and O–H groups in total. The summed E-state index contributed by atoms with van der Waals surface area (Å²) in [5, 5.41) is 18.3. The summed E-state index contributed by atoms with van der Waals surface area (Å²) in [5.74, 6) is -0.666. The SMILES string of the molecule is CC(C)(CCC(=O)N1CCCC1CO)CC(C)(C)CC(=O)O. The number of amides is 1. The van der Waals surface area contributed by atoms with E-state index in [0.29, 0.717) is 6.42 Å². The number of carboxylic acid groups (broad SMARTS) is 1. The molecule has 5 heteroatoms. The number of aliphatic carboxylic acids is 1. The molecule has 1 atom stereocenters. The first-order valence-corrected chi connectivity index (χ1v) is 8.18. The Kier molecular flexibility index (Phi) is 6.41. The molecule has 22 heavy (non-hydrogen) atoms. The molecule has 0 aromatic rings. The maximum absolute atomic E-state index is 12.3. The summed E-state index contributed by atoms with van der Waals surface area (Å²) in [4.78, 5) is 25.1. The van der Waals surface area contributed by atoms with Crippen molar-refractivity contribution in [3.63, 3.8) is 0 Å². The minimum atomic E-state index is -0.778. The second-order valence-electron chi connectivity index (χ2n) is 8.14. The summed E-state index contributed by atoms with van der Waals surface area (Å²) < 4.78 is 0. The molecular weight excluding hydrogens is 282 g/mol. The Morgan fingerprint density at radius 3 is 2.36 bits per heavy atom. The topological polar surface area (TPSA) is 77.8 Å². The standard InChI is InChI=1S/C17H31NO4/c1-16(2,12-17(3,4)10-15(21)22)8-7-14(20)18-9-5-6-13(18)11-19/h13,19H,5-12H2,1-4H3,(H,21,22). The van der Waals surface area contributed by atoms with Crippen LogP contribution in [0.3, 0.4) is 0 Å². The van der Waals surface area contributed by atoms with Crippen LogP contribution in [-0.4, -0.2) is 46.2 Å². The Labute approximate surface area is 133 Å². The second kappa shape index (κ2) is 7.44. The molecule has 0 aliphatic carbocycles. The number of carbonyl (C=O) groups excluding carboxylic acids is 1. The molecule has 1 saturated heterocycles. The molecule has 0 aromatic carbocycles. The largest absolute Gasteiger partial charge is 0.481 e. The second-order valence-corrected chi connectivity index (χ2v) is 8.14. The van der Waals surface area contributed by atoms with Gasteiger partial charge in [0.25, 0.3) is 0 Å². The summed E-state index contributed by atoms with van der Waals surface area (Å²) >= 11 is 0. The Bertz CT molecular complexity index is 403. The van der Waals surface area contributed by atoms with Crippen molar-refractivity contribution in [2.75, 3.05) is 13.2 Å². The van der Waals surface area contributed by atoms with Crippen LogP contribution < -0.4 is 0 Å². The van der Waals surface area contributed by atoms with Crippen LogP contribution in [0.1, 0.15) is 66.2 Å². The first-order chi connectivity index (χ1) is 10.1. The summed E-state index contributed by atoms with van der Waals surface area (Å²) in [7, 11) is 0. The number of carboxylic acids is 1. The van der Waals surface area contributed by atoms with Gasteiger partial charge in [0.15, 0.2) is 0 Å². The average molecular weight is 313 g/mol. The molecule has 0 saturated carbocycles. The van der Waals surface area contributed by atoms with E-state index in [-0.39, 0.29) is 35.8 Å². The minimum absolute atomic E-state index is 0.0148. The zero-order chi connectivity index (χ0) is 17.0. The van der Waals surface area contributed by atoms with Gasteiger partial charge in [0.05, 0.1) is 19.1 Å². The van der Waals surface area contributed by atoms with Crippen LogP contribution in [0.5, 0.6) is 0 Å². The number of hydrogen-bond donors (Lipinski definition) is 2. The summed E-state index contributed by atoms with van der Waals surface area (Å²) in [6.07, 6.45) is 3.96. The molecule has 1 aliphatic rings. The smallest absolute Gasteiger partial charge is 0.303 e. The van der Waals surface area contributed by atoms with Crippen molar-refractivity contribution in [3.8, 4) is 0 Å². The molecular formula is C17H31NO4. The van der Waals surface area contributed by atoms with Crippen LogP contribution in [0.2, 0.25) is 0 Å². The molecule has 1 fully saturated rings. The van der Waals surface area contributed by atoms with E-state index in [0.717, 1.165) is 32.2 Å². The molecule has 1 unspecified atom stereocenters. The Balaban J connectivity index is 2.51. The number of likely N-dealkylation sites (tertiary alicyclic amines) is 1. The van der Waals surface area contributed by atoms with Gasteiger partial charge in [-0.05, 0) is 36.5 Å². The van der Waals surface area contributed by atoms with Crippen molar-refractivity contribution in [2.24, 2.45) is 10.8 Å². The molecule has 0 spiro atoms. The van der Waals surface area contributed by atoms with Crippen molar-refractivity contribution in [3.05, 3.63) is 0 Å². The Hall–Kier alpha value is -1.10. The summed E-state index contributed by atoms with van der Waals surface area (Å²) in [6, 6.07) is -0.0148. The number of nitrogens with zero attached hydrogens (tertiary/aromatic N) is 1. The molecule has 1 heterocycles. The third-order valence-electron chi connectivity index (χ3n) is 4.51. The van der Waals surface area contributed by atoms with Crippen LogP contribution in [0.4, 0.5) is 0 Å². The van der Waals surface area contributed by atoms with Gasteiger partial charge in [0.2, 0.25) is 5.91 Å². The molecule has 1 amide bonds. The van der Waals surface area contributed by atoms with E-state index < -0.39 is 5.97 Å². The molecule has 0 radical (unpaired) electrons. The van der Waals surface area contributed by atoms with Crippen molar-refractivity contribution < 1.29 is 19.8 Å². The van der Waals surface area contributed by atoms with Crippen molar-refractivity contribution in [1.29, 1.82) is 0 Å². The lowest BCUT2D eigenvalue weighted by molar-refractivity contribution is -0.140. The van der Waals surface area contributed by atoms with Crippen LogP contribution >= 0.6 is 0 Å². The monoisotopic (exact) mass is 313 g/mol. The fraction of sp³-hybridized carbons (Fsp3) is 0.882. The predicted octanol–water partition coefficient (Wildman–Crippen LogP) is 2.67. The fourth-order valence-corrected chi connectivity index (χ4v) is 3.80. The fourth-order valence-electron chi connectivity index (χ4n) is 3.80. The van der Waals surface area contributed by atoms with E-state index in [4.69, 9.17) is 5.11 Å². The van der Waals surface area contributed by atoms with E-state index >= 15 is 0 Å². The number of rotatable bonds is 8. The summed E-state index contributed by atoms with van der Waals surface area (Å²) in [6.45, 7) is 8.91. The normalized spacial score (nSPS) is 19.5. The van der Waals surface area contributed by atoms with Crippen LogP contribution in [0.25, 0.3) is 0 Å². The average Bonchev–Trinajstić information content (AvgIpc) is 2.81. The van der Waals surface area contributed by atoms with E-state index in [9.17, 15) is 14.7 Å². The van der Waals surface area contributed by atoms with Crippen molar-refractivity contribution in [1.82, 2.24) is 4.90 Å². The lowest BCUT2D eigenvalue weighted by atomic mass is 9.71. The highest BCUT2D eigenvalue weighted by Crippen LogP contribution is 2.39. The summed E-state index contributed by atoms with van der Waals surface area (Å²) in [5.41, 5.74) is -0.358. The van der Waals surface area contributed by atoms with Crippen LogP contribution in [0, 0.1) is 10.8 Å². The third-order valence-corrected chi connectivity index (χ3v) is 4.51. The van der Waals surface area contributed by atoms with Crippen molar-refractivity contribution in [2.45, 2.75) is 72.3 Å². The van der Waals surface area contributed by atoms with Gasteiger partial charge >= 0.3 is 5.97 Å². The third kappa shape index (κ3) is 5.95. The van der Waals surface area contributed by atoms with Gasteiger partial charge in [0, 0.05) is 13.0 Å². The zero-order valence-electron chi connectivity index (χ0n) is 14.4. The minimum Gasteiger partial charge on any atom is -0.481 e. The van der Waals surface area contributed by atoms with E-state index in [1.165, 1.54) is 0 Å². The van der Waals surface area contributed by atoms with E-state index in [1.807, 2.05) is 13.8 Å². The van der Waals surface area contributed by atoms with Gasteiger partial charge in [0.1, 0.15) is 0 Å². The zero-order valence-corrected chi connectivity index (χ0v) is 14.4. The van der Waals surface area contributed by atoms with Gasteiger partial charge in [-0.15, -0.1) is 0 Å². The lowest BCUT2D eigenvalue weighted by Gasteiger charge is -2.34. The van der Waals surface area contributed by atoms with E-state index in [1.54, 1.807) is 4.90 Å².